The molecular formula is C17H28N4. The number of fused-ring (bicyclic) bond motifs is 1. The second-order valence-electron chi connectivity index (χ2n) is 6.87. The number of piperidine rings is 1. The molecule has 4 heteroatoms. The molecule has 4 nitrogen and oxygen atoms in total. The van der Waals surface area contributed by atoms with Crippen LogP contribution < -0.4 is 10.6 Å². The highest BCUT2D eigenvalue weighted by Gasteiger charge is 2.34. The molecule has 2 N–H and O–H groups in total. The zero-order valence-corrected chi connectivity index (χ0v) is 13.4. The minimum Gasteiger partial charge on any atom is -0.366 e. The van der Waals surface area contributed by atoms with Crippen LogP contribution in [0.1, 0.15) is 69.8 Å². The second-order valence-corrected chi connectivity index (χ2v) is 6.87. The first kappa shape index (κ1) is 14.8. The van der Waals surface area contributed by atoms with Crippen molar-refractivity contribution in [3.63, 3.8) is 0 Å². The topological polar surface area (TPSA) is 55.0 Å². The van der Waals surface area contributed by atoms with Gasteiger partial charge in [0.25, 0.3) is 0 Å². The minimum atomic E-state index is 0.355. The monoisotopic (exact) mass is 288 g/mol. The van der Waals surface area contributed by atoms with Crippen molar-refractivity contribution in [2.75, 3.05) is 11.4 Å². The van der Waals surface area contributed by atoms with Crippen molar-refractivity contribution in [2.45, 2.75) is 70.9 Å². The molecule has 1 aromatic heterocycles. The summed E-state index contributed by atoms with van der Waals surface area (Å²) >= 11 is 0. The molecule has 21 heavy (non-hydrogen) atoms. The molecule has 0 radical (unpaired) electrons. The van der Waals surface area contributed by atoms with E-state index in [1.807, 2.05) is 6.20 Å². The molecule has 0 aromatic carbocycles. The largest absolute Gasteiger partial charge is 0.366 e. The van der Waals surface area contributed by atoms with Gasteiger partial charge in [-0.05, 0) is 31.6 Å². The fourth-order valence-corrected chi connectivity index (χ4v) is 4.02. The molecule has 3 rings (SSSR count). The van der Waals surface area contributed by atoms with Gasteiger partial charge >= 0.3 is 0 Å². The number of hydrogen-bond acceptors (Lipinski definition) is 4. The van der Waals surface area contributed by atoms with Gasteiger partial charge < -0.3 is 10.6 Å². The highest BCUT2D eigenvalue weighted by molar-refractivity contribution is 5.51. The van der Waals surface area contributed by atoms with E-state index in [2.05, 4.69) is 23.7 Å². The average Bonchev–Trinajstić information content (AvgIpc) is 2.53. The van der Waals surface area contributed by atoms with E-state index in [1.165, 1.54) is 44.2 Å². The van der Waals surface area contributed by atoms with Gasteiger partial charge in [-0.2, -0.15) is 0 Å². The first-order valence-corrected chi connectivity index (χ1v) is 8.53. The number of nitrogens with two attached hydrogens (primary N) is 1. The Hall–Kier alpha value is -1.16. The van der Waals surface area contributed by atoms with E-state index in [9.17, 15) is 0 Å². The smallest absolute Gasteiger partial charge is 0.131 e. The first-order valence-electron chi connectivity index (χ1n) is 8.53. The maximum Gasteiger partial charge on any atom is 0.131 e. The number of nitrogens with zero attached hydrogens (tertiary/aromatic N) is 3. The lowest BCUT2D eigenvalue weighted by atomic mass is 9.78. The third-order valence-electron chi connectivity index (χ3n) is 5.13. The Balaban J connectivity index is 1.91. The van der Waals surface area contributed by atoms with Crippen molar-refractivity contribution in [1.82, 2.24) is 9.97 Å². The molecule has 2 atom stereocenters. The fraction of sp³-hybridized carbons (Fsp3) is 0.765. The SMILES string of the molecule is CC(C)c1ncc(N2CCCC3CCCCC32)c(CN)n1. The Kier molecular flexibility index (Phi) is 4.43. The van der Waals surface area contributed by atoms with Crippen LogP contribution in [0.15, 0.2) is 6.20 Å². The first-order chi connectivity index (χ1) is 10.2. The zero-order valence-electron chi connectivity index (χ0n) is 13.4. The lowest BCUT2D eigenvalue weighted by molar-refractivity contribution is 0.243. The lowest BCUT2D eigenvalue weighted by Gasteiger charge is -2.45. The molecule has 2 fully saturated rings. The molecule has 1 aromatic rings. The van der Waals surface area contributed by atoms with Crippen molar-refractivity contribution in [1.29, 1.82) is 0 Å². The zero-order chi connectivity index (χ0) is 14.8. The van der Waals surface area contributed by atoms with Gasteiger partial charge in [0.15, 0.2) is 0 Å². The van der Waals surface area contributed by atoms with Crippen LogP contribution in [0.2, 0.25) is 0 Å². The normalized spacial score (nSPS) is 26.0. The van der Waals surface area contributed by atoms with Gasteiger partial charge in [0, 0.05) is 25.0 Å². The van der Waals surface area contributed by atoms with E-state index in [1.54, 1.807) is 0 Å². The van der Waals surface area contributed by atoms with Crippen molar-refractivity contribution in [3.05, 3.63) is 17.7 Å². The van der Waals surface area contributed by atoms with Gasteiger partial charge in [-0.25, -0.2) is 9.97 Å². The summed E-state index contributed by atoms with van der Waals surface area (Å²) in [5.74, 6) is 2.13. The average molecular weight is 288 g/mol. The maximum atomic E-state index is 5.98. The Morgan fingerprint density at radius 1 is 1.24 bits per heavy atom. The predicted molar refractivity (Wildman–Crippen MR) is 86.3 cm³/mol. The van der Waals surface area contributed by atoms with Gasteiger partial charge in [-0.15, -0.1) is 0 Å². The predicted octanol–water partition coefficient (Wildman–Crippen LogP) is 3.22. The minimum absolute atomic E-state index is 0.355. The quantitative estimate of drug-likeness (QED) is 0.928. The summed E-state index contributed by atoms with van der Waals surface area (Å²) in [5, 5.41) is 0. The summed E-state index contributed by atoms with van der Waals surface area (Å²) < 4.78 is 0. The van der Waals surface area contributed by atoms with Gasteiger partial charge in [0.05, 0.1) is 17.6 Å². The molecule has 1 saturated heterocycles. The standard InChI is InChI=1S/C17H28N4/c1-12(2)17-19-11-16(14(10-18)20-17)21-9-5-7-13-6-3-4-8-15(13)21/h11-13,15H,3-10,18H2,1-2H3. The molecule has 116 valence electrons. The molecule has 2 heterocycles. The van der Waals surface area contributed by atoms with E-state index < -0.39 is 0 Å². The van der Waals surface area contributed by atoms with Crippen molar-refractivity contribution < 1.29 is 0 Å². The second kappa shape index (κ2) is 6.30. The van der Waals surface area contributed by atoms with Crippen molar-refractivity contribution >= 4 is 5.69 Å². The summed E-state index contributed by atoms with van der Waals surface area (Å²) in [6, 6.07) is 0.686. The molecule has 1 aliphatic carbocycles. The summed E-state index contributed by atoms with van der Waals surface area (Å²) in [6.07, 6.45) is 10.2. The van der Waals surface area contributed by atoms with Crippen LogP contribution in [0.4, 0.5) is 5.69 Å². The number of anilines is 1. The van der Waals surface area contributed by atoms with Crippen LogP contribution in [-0.2, 0) is 6.54 Å². The van der Waals surface area contributed by atoms with E-state index in [-0.39, 0.29) is 0 Å². The summed E-state index contributed by atoms with van der Waals surface area (Å²) in [4.78, 5) is 11.9. The van der Waals surface area contributed by atoms with Crippen molar-refractivity contribution in [2.24, 2.45) is 11.7 Å². The highest BCUT2D eigenvalue weighted by atomic mass is 15.2. The van der Waals surface area contributed by atoms with Gasteiger partial charge in [-0.3, -0.25) is 0 Å². The third-order valence-corrected chi connectivity index (χ3v) is 5.13. The fourth-order valence-electron chi connectivity index (χ4n) is 4.02. The van der Waals surface area contributed by atoms with Gasteiger partial charge in [-0.1, -0.05) is 26.7 Å². The van der Waals surface area contributed by atoms with E-state index in [0.717, 1.165) is 24.0 Å². The molecule has 0 spiro atoms. The molecule has 1 saturated carbocycles. The van der Waals surface area contributed by atoms with Crippen LogP contribution in [0.3, 0.4) is 0 Å². The van der Waals surface area contributed by atoms with Crippen LogP contribution in [0, 0.1) is 5.92 Å². The number of rotatable bonds is 3. The Morgan fingerprint density at radius 3 is 2.76 bits per heavy atom. The van der Waals surface area contributed by atoms with Crippen LogP contribution in [0.25, 0.3) is 0 Å². The molecule has 0 amide bonds. The van der Waals surface area contributed by atoms with Crippen LogP contribution in [-0.4, -0.2) is 22.6 Å². The number of hydrogen-bond donors (Lipinski definition) is 1. The van der Waals surface area contributed by atoms with E-state index in [4.69, 9.17) is 10.7 Å². The third kappa shape index (κ3) is 2.91. The van der Waals surface area contributed by atoms with Gasteiger partial charge in [0.2, 0.25) is 0 Å². The Labute approximate surface area is 128 Å². The molecule has 1 aliphatic heterocycles. The molecule has 0 bridgehead atoms. The van der Waals surface area contributed by atoms with Crippen LogP contribution in [0.5, 0.6) is 0 Å². The molecule has 2 unspecified atom stereocenters. The number of aromatic nitrogens is 2. The highest BCUT2D eigenvalue weighted by Crippen LogP contribution is 2.38. The van der Waals surface area contributed by atoms with Crippen molar-refractivity contribution in [3.8, 4) is 0 Å². The summed E-state index contributed by atoms with van der Waals surface area (Å²) in [6.45, 7) is 5.91. The Morgan fingerprint density at radius 2 is 2.00 bits per heavy atom. The summed E-state index contributed by atoms with van der Waals surface area (Å²) in [5.41, 5.74) is 8.20. The van der Waals surface area contributed by atoms with Gasteiger partial charge in [0.1, 0.15) is 5.82 Å². The molecule has 2 aliphatic rings. The van der Waals surface area contributed by atoms with E-state index >= 15 is 0 Å². The lowest BCUT2D eigenvalue weighted by Crippen LogP contribution is -2.47. The molecular weight excluding hydrogens is 260 g/mol. The van der Waals surface area contributed by atoms with Crippen LogP contribution >= 0.6 is 0 Å². The Bertz CT molecular complexity index is 484. The summed E-state index contributed by atoms with van der Waals surface area (Å²) in [7, 11) is 0. The maximum absolute atomic E-state index is 5.98. The van der Waals surface area contributed by atoms with E-state index in [0.29, 0.717) is 18.5 Å².